The maximum absolute atomic E-state index is 4.42. The topological polar surface area (TPSA) is 42.7 Å². The lowest BCUT2D eigenvalue weighted by Crippen LogP contribution is -2.29. The van der Waals surface area contributed by atoms with E-state index in [0.717, 1.165) is 18.2 Å². The van der Waals surface area contributed by atoms with Gasteiger partial charge in [0, 0.05) is 18.5 Å². The van der Waals surface area contributed by atoms with Crippen LogP contribution < -0.4 is 5.32 Å². The molecule has 1 unspecified atom stereocenters. The molecule has 2 rings (SSSR count). The average Bonchev–Trinajstić information content (AvgIpc) is 3.05. The van der Waals surface area contributed by atoms with Crippen molar-refractivity contribution in [2.75, 3.05) is 7.05 Å². The Balaban J connectivity index is 1.85. The van der Waals surface area contributed by atoms with Crippen molar-refractivity contribution in [3.63, 3.8) is 0 Å². The van der Waals surface area contributed by atoms with Crippen molar-refractivity contribution in [3.8, 4) is 0 Å². The van der Waals surface area contributed by atoms with E-state index < -0.39 is 0 Å². The van der Waals surface area contributed by atoms with E-state index in [1.807, 2.05) is 4.68 Å². The zero-order chi connectivity index (χ0) is 13.7. The molecule has 1 aromatic rings. The van der Waals surface area contributed by atoms with E-state index in [2.05, 4.69) is 36.3 Å². The van der Waals surface area contributed by atoms with Gasteiger partial charge in [-0.3, -0.25) is 0 Å². The van der Waals surface area contributed by atoms with E-state index in [4.69, 9.17) is 0 Å². The first-order chi connectivity index (χ1) is 9.20. The fourth-order valence-electron chi connectivity index (χ4n) is 3.16. The zero-order valence-electron chi connectivity index (χ0n) is 12.6. The molecule has 1 heterocycles. The highest BCUT2D eigenvalue weighted by molar-refractivity contribution is 4.91. The number of hydrogen-bond acceptors (Lipinski definition) is 3. The van der Waals surface area contributed by atoms with Crippen molar-refractivity contribution in [3.05, 3.63) is 12.2 Å². The summed E-state index contributed by atoms with van der Waals surface area (Å²) in [6.45, 7) is 4.32. The Morgan fingerprint density at radius 1 is 1.37 bits per heavy atom. The lowest BCUT2D eigenvalue weighted by Gasteiger charge is -2.19. The summed E-state index contributed by atoms with van der Waals surface area (Å²) in [5.74, 6) is 2.08. The molecule has 1 aliphatic rings. The summed E-state index contributed by atoms with van der Waals surface area (Å²) in [7, 11) is 2.06. The minimum absolute atomic E-state index is 0.393. The average molecular weight is 264 g/mol. The molecule has 0 saturated heterocycles. The lowest BCUT2D eigenvalue weighted by molar-refractivity contribution is 0.403. The molecule has 1 N–H and O–H groups in total. The van der Waals surface area contributed by atoms with Gasteiger partial charge in [-0.2, -0.15) is 5.10 Å². The van der Waals surface area contributed by atoms with E-state index in [9.17, 15) is 0 Å². The van der Waals surface area contributed by atoms with E-state index in [-0.39, 0.29) is 0 Å². The molecule has 0 aliphatic heterocycles. The van der Waals surface area contributed by atoms with Crippen molar-refractivity contribution in [1.82, 2.24) is 20.1 Å². The summed E-state index contributed by atoms with van der Waals surface area (Å²) in [4.78, 5) is 4.42. The maximum atomic E-state index is 4.42. The van der Waals surface area contributed by atoms with E-state index in [1.165, 1.54) is 38.5 Å². The molecule has 0 amide bonds. The van der Waals surface area contributed by atoms with Crippen LogP contribution in [0.1, 0.15) is 64.2 Å². The van der Waals surface area contributed by atoms with Gasteiger partial charge in [-0.05, 0) is 39.7 Å². The molecule has 1 fully saturated rings. The molecule has 0 spiro atoms. The zero-order valence-corrected chi connectivity index (χ0v) is 12.6. The first kappa shape index (κ1) is 14.5. The van der Waals surface area contributed by atoms with Gasteiger partial charge in [0.15, 0.2) is 0 Å². The molecule has 4 nitrogen and oxygen atoms in total. The maximum Gasteiger partial charge on any atom is 0.138 e. The van der Waals surface area contributed by atoms with Crippen molar-refractivity contribution in [2.45, 2.75) is 70.9 Å². The molecule has 0 bridgehead atoms. The van der Waals surface area contributed by atoms with E-state index >= 15 is 0 Å². The van der Waals surface area contributed by atoms with Gasteiger partial charge in [0.2, 0.25) is 0 Å². The largest absolute Gasteiger partial charge is 0.317 e. The van der Waals surface area contributed by atoms with Crippen LogP contribution in [0.3, 0.4) is 0 Å². The normalized spacial score (nSPS) is 18.3. The summed E-state index contributed by atoms with van der Waals surface area (Å²) in [6, 6.07) is 0.923. The number of nitrogens with zero attached hydrogens (tertiary/aromatic N) is 3. The van der Waals surface area contributed by atoms with Crippen LogP contribution in [0.15, 0.2) is 6.33 Å². The number of hydrogen-bond donors (Lipinski definition) is 1. The summed E-state index contributed by atoms with van der Waals surface area (Å²) in [5, 5.41) is 7.77. The summed E-state index contributed by atoms with van der Waals surface area (Å²) < 4.78 is 2.04. The molecule has 0 aromatic carbocycles. The first-order valence-electron chi connectivity index (χ1n) is 7.76. The van der Waals surface area contributed by atoms with E-state index in [0.29, 0.717) is 12.1 Å². The smallest absolute Gasteiger partial charge is 0.138 e. The second-order valence-electron chi connectivity index (χ2n) is 6.13. The Labute approximate surface area is 117 Å². The Hall–Kier alpha value is -0.900. The monoisotopic (exact) mass is 264 g/mol. The number of likely N-dealkylation sites (N-methyl/N-ethyl adjacent to an activating group) is 1. The minimum Gasteiger partial charge on any atom is -0.317 e. The number of rotatable bonds is 7. The Bertz CT molecular complexity index is 366. The molecular formula is C15H28N4. The molecule has 1 aromatic heterocycles. The molecule has 1 atom stereocenters. The highest BCUT2D eigenvalue weighted by atomic mass is 15.3. The molecule has 0 radical (unpaired) electrons. The third kappa shape index (κ3) is 4.03. The van der Waals surface area contributed by atoms with Crippen molar-refractivity contribution < 1.29 is 0 Å². The first-order valence-corrected chi connectivity index (χ1v) is 7.76. The third-order valence-electron chi connectivity index (χ3n) is 4.37. The predicted molar refractivity (Wildman–Crippen MR) is 78.2 cm³/mol. The second kappa shape index (κ2) is 7.04. The van der Waals surface area contributed by atoms with Gasteiger partial charge in [0.1, 0.15) is 12.2 Å². The van der Waals surface area contributed by atoms with Crippen LogP contribution in [-0.2, 0) is 6.42 Å². The van der Waals surface area contributed by atoms with E-state index in [1.54, 1.807) is 6.33 Å². The van der Waals surface area contributed by atoms with Gasteiger partial charge < -0.3 is 5.32 Å². The van der Waals surface area contributed by atoms with Gasteiger partial charge in [0.25, 0.3) is 0 Å². The van der Waals surface area contributed by atoms with Gasteiger partial charge in [-0.15, -0.1) is 0 Å². The second-order valence-corrected chi connectivity index (χ2v) is 6.13. The highest BCUT2D eigenvalue weighted by Gasteiger charge is 2.18. The summed E-state index contributed by atoms with van der Waals surface area (Å²) >= 11 is 0. The Morgan fingerprint density at radius 2 is 2.11 bits per heavy atom. The van der Waals surface area contributed by atoms with Crippen LogP contribution in [0.4, 0.5) is 0 Å². The predicted octanol–water partition coefficient (Wildman–Crippen LogP) is 2.96. The van der Waals surface area contributed by atoms with Gasteiger partial charge in [-0.25, -0.2) is 9.67 Å². The SMILES string of the molecule is CNC(CCC1CCCC1)Cc1ncnn1C(C)C. The van der Waals surface area contributed by atoms with Gasteiger partial charge in [-0.1, -0.05) is 25.7 Å². The van der Waals surface area contributed by atoms with Crippen LogP contribution in [-0.4, -0.2) is 27.9 Å². The van der Waals surface area contributed by atoms with Crippen LogP contribution >= 0.6 is 0 Å². The van der Waals surface area contributed by atoms with Crippen molar-refractivity contribution in [2.24, 2.45) is 5.92 Å². The molecule has 1 aliphatic carbocycles. The standard InChI is InChI=1S/C15H28N4/c1-12(2)19-15(17-11-18-19)10-14(16-3)9-8-13-6-4-5-7-13/h11-14,16H,4-10H2,1-3H3. The Morgan fingerprint density at radius 3 is 2.74 bits per heavy atom. The molecule has 108 valence electrons. The lowest BCUT2D eigenvalue weighted by atomic mass is 9.97. The molecule has 4 heteroatoms. The highest BCUT2D eigenvalue weighted by Crippen LogP contribution is 2.29. The number of nitrogens with one attached hydrogen (secondary N) is 1. The molecule has 19 heavy (non-hydrogen) atoms. The van der Waals surface area contributed by atoms with Crippen LogP contribution in [0.25, 0.3) is 0 Å². The van der Waals surface area contributed by atoms with Crippen LogP contribution in [0.5, 0.6) is 0 Å². The summed E-state index contributed by atoms with van der Waals surface area (Å²) in [5.41, 5.74) is 0. The van der Waals surface area contributed by atoms with Crippen LogP contribution in [0.2, 0.25) is 0 Å². The van der Waals surface area contributed by atoms with Crippen molar-refractivity contribution >= 4 is 0 Å². The fraction of sp³-hybridized carbons (Fsp3) is 0.867. The fourth-order valence-corrected chi connectivity index (χ4v) is 3.16. The quantitative estimate of drug-likeness (QED) is 0.823. The van der Waals surface area contributed by atoms with Crippen molar-refractivity contribution in [1.29, 1.82) is 0 Å². The van der Waals surface area contributed by atoms with Gasteiger partial charge in [0.05, 0.1) is 0 Å². The minimum atomic E-state index is 0.393. The molecular weight excluding hydrogens is 236 g/mol. The third-order valence-corrected chi connectivity index (χ3v) is 4.37. The summed E-state index contributed by atoms with van der Waals surface area (Å²) in [6.07, 6.45) is 11.1. The molecule has 1 saturated carbocycles. The number of aromatic nitrogens is 3. The van der Waals surface area contributed by atoms with Crippen LogP contribution in [0, 0.1) is 5.92 Å². The van der Waals surface area contributed by atoms with Gasteiger partial charge >= 0.3 is 0 Å². The Kier molecular flexibility index (Phi) is 5.37.